The molecule has 0 fully saturated rings. The number of urea groups is 1. The molecule has 2 aliphatic rings. The number of aliphatic hydroxyl groups is 1. The fraction of sp³-hybridized carbons (Fsp3) is 0.162. The van der Waals surface area contributed by atoms with Gasteiger partial charge >= 0.3 is 12.2 Å². The van der Waals surface area contributed by atoms with Gasteiger partial charge in [0.25, 0.3) is 0 Å². The number of aryl methyl sites for hydroxylation is 1. The Bertz CT molecular complexity index is 2080. The van der Waals surface area contributed by atoms with Crippen molar-refractivity contribution in [1.82, 2.24) is 0 Å². The van der Waals surface area contributed by atoms with Crippen LogP contribution in [0.25, 0.3) is 38.2 Å². The second kappa shape index (κ2) is 10.9. The van der Waals surface area contributed by atoms with Crippen LogP contribution >= 0.6 is 0 Å². The van der Waals surface area contributed by atoms with E-state index in [0.29, 0.717) is 29.1 Å². The van der Waals surface area contributed by atoms with Crippen LogP contribution in [0.3, 0.4) is 0 Å². The van der Waals surface area contributed by atoms with E-state index in [4.69, 9.17) is 5.73 Å². The van der Waals surface area contributed by atoms with Crippen molar-refractivity contribution in [1.29, 1.82) is 0 Å². The number of hydrogen-bond acceptors (Lipinski definition) is 2. The Morgan fingerprint density at radius 3 is 2.42 bits per heavy atom. The van der Waals surface area contributed by atoms with Gasteiger partial charge < -0.3 is 10.8 Å². The van der Waals surface area contributed by atoms with E-state index >= 15 is 0 Å². The van der Waals surface area contributed by atoms with Crippen molar-refractivity contribution in [2.75, 3.05) is 4.90 Å². The Kier molecular flexibility index (Phi) is 6.97. The number of alkyl halides is 3. The standard InChI is InChI=1S/C37H28F4N2O2/c38-33-19-21(11-18-32(33)37(39,40)41)20-43(36(42)45)35-23-6-2-1-5-22(23)12-13-31(35)26-8-3-7-24-27(26)14-15-29-25-9-4-10-34(44)30(25)17-16-28(24)29/h1-9,11-15,18-19,34,44H,10,16-17,20H2,(H2,42,45). The van der Waals surface area contributed by atoms with Crippen molar-refractivity contribution in [3.63, 3.8) is 0 Å². The van der Waals surface area contributed by atoms with E-state index in [1.165, 1.54) is 10.5 Å². The first-order chi connectivity index (χ1) is 21.6. The van der Waals surface area contributed by atoms with E-state index in [1.807, 2.05) is 60.7 Å². The van der Waals surface area contributed by atoms with Gasteiger partial charge in [0.05, 0.1) is 23.9 Å². The number of allylic oxidation sites excluding steroid dienone is 2. The number of anilines is 1. The Balaban J connectivity index is 1.41. The summed E-state index contributed by atoms with van der Waals surface area (Å²) in [6.07, 6.45) is 0.931. The van der Waals surface area contributed by atoms with Gasteiger partial charge in [-0.1, -0.05) is 84.9 Å². The van der Waals surface area contributed by atoms with Crippen molar-refractivity contribution in [3.8, 4) is 11.1 Å². The molecule has 0 aromatic heterocycles. The first-order valence-corrected chi connectivity index (χ1v) is 14.7. The Morgan fingerprint density at radius 1 is 0.867 bits per heavy atom. The maximum absolute atomic E-state index is 14.6. The molecule has 0 saturated heterocycles. The number of rotatable bonds is 4. The topological polar surface area (TPSA) is 66.6 Å². The number of amides is 2. The van der Waals surface area contributed by atoms with E-state index in [-0.39, 0.29) is 12.1 Å². The number of primary amides is 1. The number of carbonyl (C=O) groups is 1. The van der Waals surface area contributed by atoms with Crippen molar-refractivity contribution < 1.29 is 27.5 Å². The molecule has 5 aromatic carbocycles. The Morgan fingerprint density at radius 2 is 1.64 bits per heavy atom. The van der Waals surface area contributed by atoms with Crippen LogP contribution in [0.15, 0.2) is 103 Å². The molecule has 45 heavy (non-hydrogen) atoms. The molecular weight excluding hydrogens is 580 g/mol. The summed E-state index contributed by atoms with van der Waals surface area (Å²) >= 11 is 0. The number of halogens is 4. The van der Waals surface area contributed by atoms with Gasteiger partial charge in [0.15, 0.2) is 0 Å². The zero-order valence-electron chi connectivity index (χ0n) is 24.0. The van der Waals surface area contributed by atoms with Crippen LogP contribution in [0, 0.1) is 5.82 Å². The number of aliphatic hydroxyl groups excluding tert-OH is 1. The van der Waals surface area contributed by atoms with Gasteiger partial charge in [-0.05, 0) is 81.0 Å². The van der Waals surface area contributed by atoms with Crippen molar-refractivity contribution >= 4 is 38.8 Å². The second-order valence-electron chi connectivity index (χ2n) is 11.5. The van der Waals surface area contributed by atoms with Gasteiger partial charge in [-0.3, -0.25) is 4.90 Å². The van der Waals surface area contributed by atoms with Crippen LogP contribution in [0.4, 0.5) is 28.0 Å². The van der Waals surface area contributed by atoms with E-state index in [2.05, 4.69) is 18.2 Å². The van der Waals surface area contributed by atoms with Crippen LogP contribution in [-0.2, 0) is 19.1 Å². The molecule has 0 bridgehead atoms. The number of carbonyl (C=O) groups excluding carboxylic acids is 1. The monoisotopic (exact) mass is 608 g/mol. The summed E-state index contributed by atoms with van der Waals surface area (Å²) in [5.74, 6) is -1.42. The zero-order valence-corrected chi connectivity index (χ0v) is 24.0. The summed E-state index contributed by atoms with van der Waals surface area (Å²) in [5.41, 5.74) is 11.2. The maximum Gasteiger partial charge on any atom is 0.419 e. The molecule has 8 heteroatoms. The molecule has 0 radical (unpaired) electrons. The summed E-state index contributed by atoms with van der Waals surface area (Å²) in [7, 11) is 0. The van der Waals surface area contributed by atoms with Crippen LogP contribution in [0.2, 0.25) is 0 Å². The molecule has 1 atom stereocenters. The highest BCUT2D eigenvalue weighted by Gasteiger charge is 2.34. The number of fused-ring (bicyclic) bond motifs is 5. The van der Waals surface area contributed by atoms with E-state index in [1.54, 1.807) is 0 Å². The van der Waals surface area contributed by atoms with Crippen LogP contribution in [-0.4, -0.2) is 17.2 Å². The van der Waals surface area contributed by atoms with Gasteiger partial charge in [-0.25, -0.2) is 9.18 Å². The molecule has 226 valence electrons. The minimum absolute atomic E-state index is 0.164. The predicted molar refractivity (Wildman–Crippen MR) is 169 cm³/mol. The maximum atomic E-state index is 14.6. The van der Waals surface area contributed by atoms with Gasteiger partial charge in [-0.15, -0.1) is 0 Å². The summed E-state index contributed by atoms with van der Waals surface area (Å²) in [6.45, 7) is -0.239. The Labute approximate surface area is 256 Å². The quantitative estimate of drug-likeness (QED) is 0.200. The molecule has 0 spiro atoms. The van der Waals surface area contributed by atoms with Gasteiger partial charge in [0, 0.05) is 10.9 Å². The molecule has 2 amide bonds. The number of benzene rings is 5. The van der Waals surface area contributed by atoms with Crippen LogP contribution < -0.4 is 10.6 Å². The van der Waals surface area contributed by atoms with Crippen molar-refractivity contribution in [2.24, 2.45) is 5.73 Å². The largest absolute Gasteiger partial charge is 0.419 e. The first kappa shape index (κ1) is 28.8. The van der Waals surface area contributed by atoms with E-state index in [0.717, 1.165) is 63.4 Å². The molecule has 0 aliphatic heterocycles. The molecule has 5 aromatic rings. The van der Waals surface area contributed by atoms with E-state index < -0.39 is 29.7 Å². The molecule has 4 nitrogen and oxygen atoms in total. The van der Waals surface area contributed by atoms with Crippen LogP contribution in [0.5, 0.6) is 0 Å². The predicted octanol–water partition coefficient (Wildman–Crippen LogP) is 8.92. The lowest BCUT2D eigenvalue weighted by Crippen LogP contribution is -2.35. The molecule has 0 heterocycles. The SMILES string of the molecule is NC(=O)N(Cc1ccc(C(F)(F)F)c(F)c1)c1c(-c2cccc3c4c(ccc23)C2=C(CC4)C(O)CC=C2)ccc2ccccc12. The molecule has 3 N–H and O–H groups in total. The summed E-state index contributed by atoms with van der Waals surface area (Å²) in [5, 5.41) is 14.2. The van der Waals surface area contributed by atoms with E-state index in [9.17, 15) is 27.5 Å². The van der Waals surface area contributed by atoms with Crippen molar-refractivity contribution in [3.05, 3.63) is 131 Å². The molecule has 0 saturated carbocycles. The molecule has 1 unspecified atom stereocenters. The van der Waals surface area contributed by atoms with Gasteiger partial charge in [0.1, 0.15) is 5.82 Å². The minimum Gasteiger partial charge on any atom is -0.388 e. The third kappa shape index (κ3) is 4.95. The molecule has 7 rings (SSSR count). The highest BCUT2D eigenvalue weighted by atomic mass is 19.4. The third-order valence-electron chi connectivity index (χ3n) is 8.91. The first-order valence-electron chi connectivity index (χ1n) is 14.7. The Hall–Kier alpha value is -4.95. The van der Waals surface area contributed by atoms with Crippen molar-refractivity contribution in [2.45, 2.75) is 38.1 Å². The fourth-order valence-electron chi connectivity index (χ4n) is 6.84. The lowest BCUT2D eigenvalue weighted by molar-refractivity contribution is -0.140. The summed E-state index contributed by atoms with van der Waals surface area (Å²) in [6, 6.07) is 23.3. The number of hydrogen-bond donors (Lipinski definition) is 2. The number of nitrogens with two attached hydrogens (primary N) is 1. The van der Waals surface area contributed by atoms with Gasteiger partial charge in [-0.2, -0.15) is 13.2 Å². The van der Waals surface area contributed by atoms with Crippen LogP contribution in [0.1, 0.15) is 35.1 Å². The average Bonchev–Trinajstić information content (AvgIpc) is 3.02. The molecular formula is C37H28F4N2O2. The zero-order chi connectivity index (χ0) is 31.5. The highest BCUT2D eigenvalue weighted by Crippen LogP contribution is 2.45. The lowest BCUT2D eigenvalue weighted by atomic mass is 9.78. The summed E-state index contributed by atoms with van der Waals surface area (Å²) < 4.78 is 54.3. The smallest absolute Gasteiger partial charge is 0.388 e. The summed E-state index contributed by atoms with van der Waals surface area (Å²) in [4.78, 5) is 14.4. The normalized spacial score (nSPS) is 16.2. The second-order valence-corrected chi connectivity index (χ2v) is 11.5. The fourth-order valence-corrected chi connectivity index (χ4v) is 6.84. The third-order valence-corrected chi connectivity index (χ3v) is 8.91. The average molecular weight is 609 g/mol. The number of nitrogens with zero attached hydrogens (tertiary/aromatic N) is 1. The highest BCUT2D eigenvalue weighted by molar-refractivity contribution is 6.12. The lowest BCUT2D eigenvalue weighted by Gasteiger charge is -2.29. The minimum atomic E-state index is -4.84. The molecule has 2 aliphatic carbocycles. The van der Waals surface area contributed by atoms with Gasteiger partial charge in [0.2, 0.25) is 0 Å².